The Morgan fingerprint density at radius 2 is 1.96 bits per heavy atom. The zero-order valence-corrected chi connectivity index (χ0v) is 14.9. The van der Waals surface area contributed by atoms with Gasteiger partial charge in [0.05, 0.1) is 6.20 Å². The first-order valence-electron chi connectivity index (χ1n) is 8.71. The van der Waals surface area contributed by atoms with Gasteiger partial charge in [-0.15, -0.1) is 0 Å². The lowest BCUT2D eigenvalue weighted by molar-refractivity contribution is 0.0946. The Labute approximate surface area is 160 Å². The van der Waals surface area contributed by atoms with Crippen LogP contribution < -0.4 is 10.1 Å². The summed E-state index contributed by atoms with van der Waals surface area (Å²) in [7, 11) is 0. The van der Waals surface area contributed by atoms with Gasteiger partial charge < -0.3 is 14.5 Å². The van der Waals surface area contributed by atoms with Crippen molar-refractivity contribution in [2.75, 3.05) is 0 Å². The van der Waals surface area contributed by atoms with Gasteiger partial charge in [0.15, 0.2) is 5.65 Å². The standard InChI is InChI=1S/C21H17FN4O2/c22-18-4-2-1-3-16(18)14-28-17-7-5-15(6-8-17)11-24-21(27)19-13-26-10-9-23-12-20(26)25-19/h1-10,12-13H,11,14H2,(H,24,27). The number of amides is 1. The molecule has 0 bridgehead atoms. The zero-order valence-electron chi connectivity index (χ0n) is 14.9. The first kappa shape index (κ1) is 17.7. The van der Waals surface area contributed by atoms with E-state index in [2.05, 4.69) is 15.3 Å². The number of carbonyl (C=O) groups is 1. The summed E-state index contributed by atoms with van der Waals surface area (Å²) < 4.78 is 21.0. The highest BCUT2D eigenvalue weighted by Crippen LogP contribution is 2.15. The molecule has 6 nitrogen and oxygen atoms in total. The number of nitrogens with zero attached hydrogens (tertiary/aromatic N) is 3. The smallest absolute Gasteiger partial charge is 0.271 e. The number of imidazole rings is 1. The maximum absolute atomic E-state index is 13.6. The summed E-state index contributed by atoms with van der Waals surface area (Å²) in [6, 6.07) is 13.8. The molecule has 28 heavy (non-hydrogen) atoms. The number of rotatable bonds is 6. The highest BCUT2D eigenvalue weighted by atomic mass is 19.1. The van der Waals surface area contributed by atoms with E-state index in [0.29, 0.717) is 29.2 Å². The van der Waals surface area contributed by atoms with E-state index in [1.807, 2.05) is 12.1 Å². The predicted molar refractivity (Wildman–Crippen MR) is 101 cm³/mol. The number of fused-ring (bicyclic) bond motifs is 1. The van der Waals surface area contributed by atoms with Gasteiger partial charge in [-0.05, 0) is 23.8 Å². The molecule has 2 aromatic carbocycles. The van der Waals surface area contributed by atoms with Crippen LogP contribution in [0.1, 0.15) is 21.6 Å². The molecular weight excluding hydrogens is 359 g/mol. The van der Waals surface area contributed by atoms with Crippen molar-refractivity contribution >= 4 is 11.6 Å². The Kier molecular flexibility index (Phi) is 4.97. The van der Waals surface area contributed by atoms with Gasteiger partial charge in [0.2, 0.25) is 0 Å². The van der Waals surface area contributed by atoms with E-state index in [9.17, 15) is 9.18 Å². The van der Waals surface area contributed by atoms with Gasteiger partial charge in [-0.25, -0.2) is 9.37 Å². The third kappa shape index (κ3) is 3.98. The van der Waals surface area contributed by atoms with E-state index in [1.54, 1.807) is 59.5 Å². The van der Waals surface area contributed by atoms with Gasteiger partial charge in [-0.1, -0.05) is 30.3 Å². The maximum Gasteiger partial charge on any atom is 0.271 e. The minimum atomic E-state index is -0.287. The van der Waals surface area contributed by atoms with Crippen molar-refractivity contribution in [3.05, 3.63) is 96.0 Å². The van der Waals surface area contributed by atoms with Gasteiger partial charge in [0.25, 0.3) is 5.91 Å². The van der Waals surface area contributed by atoms with Crippen LogP contribution in [0.3, 0.4) is 0 Å². The topological polar surface area (TPSA) is 68.5 Å². The summed E-state index contributed by atoms with van der Waals surface area (Å²) in [5.41, 5.74) is 2.36. The molecular formula is C21H17FN4O2. The number of halogens is 1. The lowest BCUT2D eigenvalue weighted by atomic mass is 10.2. The number of nitrogens with one attached hydrogen (secondary N) is 1. The molecule has 0 fully saturated rings. The molecule has 0 unspecified atom stereocenters. The molecule has 4 aromatic rings. The Balaban J connectivity index is 1.33. The number of hydrogen-bond acceptors (Lipinski definition) is 4. The lowest BCUT2D eigenvalue weighted by Crippen LogP contribution is -2.23. The van der Waals surface area contributed by atoms with Gasteiger partial charge in [0.1, 0.15) is 23.9 Å². The van der Waals surface area contributed by atoms with Gasteiger partial charge in [-0.3, -0.25) is 9.78 Å². The van der Waals surface area contributed by atoms with Gasteiger partial charge in [0, 0.05) is 30.7 Å². The summed E-state index contributed by atoms with van der Waals surface area (Å²) in [4.78, 5) is 20.5. The molecule has 0 aliphatic heterocycles. The predicted octanol–water partition coefficient (Wildman–Crippen LogP) is 3.38. The van der Waals surface area contributed by atoms with Crippen LogP contribution in [0, 0.1) is 5.82 Å². The molecule has 0 atom stereocenters. The molecule has 4 rings (SSSR count). The summed E-state index contributed by atoms with van der Waals surface area (Å²) in [6.07, 6.45) is 6.62. The number of ether oxygens (including phenoxy) is 1. The SMILES string of the molecule is O=C(NCc1ccc(OCc2ccccc2F)cc1)c1cn2ccncc2n1. The molecule has 2 aromatic heterocycles. The van der Waals surface area contributed by atoms with Crippen molar-refractivity contribution in [3.8, 4) is 5.75 Å². The van der Waals surface area contributed by atoms with Crippen molar-refractivity contribution in [2.24, 2.45) is 0 Å². The molecule has 2 heterocycles. The fourth-order valence-electron chi connectivity index (χ4n) is 2.71. The van der Waals surface area contributed by atoms with Gasteiger partial charge in [-0.2, -0.15) is 0 Å². The van der Waals surface area contributed by atoms with Crippen LogP contribution >= 0.6 is 0 Å². The average Bonchev–Trinajstić information content (AvgIpc) is 3.17. The molecule has 0 aliphatic carbocycles. The molecule has 140 valence electrons. The normalized spacial score (nSPS) is 10.8. The highest BCUT2D eigenvalue weighted by Gasteiger charge is 2.10. The molecule has 1 N–H and O–H groups in total. The first-order valence-corrected chi connectivity index (χ1v) is 8.71. The molecule has 0 spiro atoms. The van der Waals surface area contributed by atoms with Crippen LogP contribution in [0.2, 0.25) is 0 Å². The maximum atomic E-state index is 13.6. The van der Waals surface area contributed by atoms with Crippen LogP contribution in [0.25, 0.3) is 5.65 Å². The van der Waals surface area contributed by atoms with E-state index >= 15 is 0 Å². The van der Waals surface area contributed by atoms with Gasteiger partial charge >= 0.3 is 0 Å². The third-order valence-corrected chi connectivity index (χ3v) is 4.23. The fourth-order valence-corrected chi connectivity index (χ4v) is 2.71. The quantitative estimate of drug-likeness (QED) is 0.560. The molecule has 0 saturated heterocycles. The first-order chi connectivity index (χ1) is 13.7. The Morgan fingerprint density at radius 3 is 2.75 bits per heavy atom. The lowest BCUT2D eigenvalue weighted by Gasteiger charge is -2.08. The third-order valence-electron chi connectivity index (χ3n) is 4.23. The van der Waals surface area contributed by atoms with Crippen LogP contribution in [0.5, 0.6) is 5.75 Å². The van der Waals surface area contributed by atoms with Crippen LogP contribution in [0.15, 0.2) is 73.3 Å². The van der Waals surface area contributed by atoms with Crippen LogP contribution in [-0.2, 0) is 13.2 Å². The van der Waals surface area contributed by atoms with E-state index in [-0.39, 0.29) is 18.3 Å². The van der Waals surface area contributed by atoms with Crippen molar-refractivity contribution in [1.29, 1.82) is 0 Å². The van der Waals surface area contributed by atoms with Crippen molar-refractivity contribution in [1.82, 2.24) is 19.7 Å². The Bertz CT molecular complexity index is 1080. The van der Waals surface area contributed by atoms with E-state index in [1.165, 1.54) is 6.07 Å². The molecule has 0 saturated carbocycles. The molecule has 0 aliphatic rings. The van der Waals surface area contributed by atoms with Crippen LogP contribution in [-0.4, -0.2) is 20.3 Å². The number of aromatic nitrogens is 3. The summed E-state index contributed by atoms with van der Waals surface area (Å²) in [5, 5.41) is 2.84. The van der Waals surface area contributed by atoms with Crippen molar-refractivity contribution < 1.29 is 13.9 Å². The van der Waals surface area contributed by atoms with E-state index in [4.69, 9.17) is 4.74 Å². The number of carbonyl (C=O) groups excluding carboxylic acids is 1. The van der Waals surface area contributed by atoms with Crippen molar-refractivity contribution in [3.63, 3.8) is 0 Å². The monoisotopic (exact) mass is 376 g/mol. The Hall–Kier alpha value is -3.74. The second kappa shape index (κ2) is 7.87. The highest BCUT2D eigenvalue weighted by molar-refractivity contribution is 5.92. The zero-order chi connectivity index (χ0) is 19.3. The fraction of sp³-hybridized carbons (Fsp3) is 0.0952. The van der Waals surface area contributed by atoms with E-state index in [0.717, 1.165) is 5.56 Å². The average molecular weight is 376 g/mol. The molecule has 1 amide bonds. The minimum absolute atomic E-state index is 0.158. The minimum Gasteiger partial charge on any atom is -0.489 e. The van der Waals surface area contributed by atoms with Crippen molar-refractivity contribution in [2.45, 2.75) is 13.2 Å². The summed E-state index contributed by atoms with van der Waals surface area (Å²) >= 11 is 0. The second-order valence-corrected chi connectivity index (χ2v) is 6.17. The number of hydrogen-bond donors (Lipinski definition) is 1. The second-order valence-electron chi connectivity index (χ2n) is 6.17. The van der Waals surface area contributed by atoms with Crippen LogP contribution in [0.4, 0.5) is 4.39 Å². The largest absolute Gasteiger partial charge is 0.489 e. The summed E-state index contributed by atoms with van der Waals surface area (Å²) in [5.74, 6) is 0.0827. The summed E-state index contributed by atoms with van der Waals surface area (Å²) in [6.45, 7) is 0.518. The molecule has 7 heteroatoms. The Morgan fingerprint density at radius 1 is 1.14 bits per heavy atom. The van der Waals surface area contributed by atoms with E-state index < -0.39 is 0 Å². The number of benzene rings is 2. The molecule has 0 radical (unpaired) electrons.